The third-order valence-corrected chi connectivity index (χ3v) is 8.08. The summed E-state index contributed by atoms with van der Waals surface area (Å²) in [7, 11) is 0. The van der Waals surface area contributed by atoms with E-state index in [1.807, 2.05) is 0 Å². The van der Waals surface area contributed by atoms with Gasteiger partial charge in [-0.1, -0.05) is 121 Å². The van der Waals surface area contributed by atoms with Crippen molar-refractivity contribution < 1.29 is 8.83 Å². The van der Waals surface area contributed by atoms with Gasteiger partial charge in [-0.25, -0.2) is 9.97 Å². The van der Waals surface area contributed by atoms with E-state index >= 15 is 0 Å². The second-order valence-corrected chi connectivity index (χ2v) is 10.7. The number of fused-ring (bicyclic) bond motifs is 1. The molecule has 0 spiro atoms. The highest BCUT2D eigenvalue weighted by Crippen LogP contribution is 2.51. The first-order valence-electron chi connectivity index (χ1n) is 14.5. The number of aromatic nitrogens is 2. The lowest BCUT2D eigenvalue weighted by Gasteiger charge is -2.24. The second-order valence-electron chi connectivity index (χ2n) is 10.7. The van der Waals surface area contributed by atoms with Crippen LogP contribution in [0.1, 0.15) is 0 Å². The zero-order valence-electron chi connectivity index (χ0n) is 23.7. The van der Waals surface area contributed by atoms with E-state index in [1.54, 1.807) is 12.4 Å². The Kier molecular flexibility index (Phi) is 6.43. The molecule has 4 nitrogen and oxygen atoms in total. The molecule has 0 atom stereocenters. The smallest absolute Gasteiger partial charge is 0.181 e. The molecular formula is C40H26N2O2. The molecule has 208 valence electrons. The molecule has 2 heterocycles. The predicted octanol–water partition coefficient (Wildman–Crippen LogP) is 10.8. The van der Waals surface area contributed by atoms with Gasteiger partial charge in [0.05, 0.1) is 12.4 Å². The maximum Gasteiger partial charge on any atom is 0.181 e. The molecule has 0 fully saturated rings. The molecule has 8 aromatic rings. The van der Waals surface area contributed by atoms with Crippen LogP contribution in [0.5, 0.6) is 0 Å². The first kappa shape index (κ1) is 25.7. The fourth-order valence-corrected chi connectivity index (χ4v) is 6.20. The summed E-state index contributed by atoms with van der Waals surface area (Å²) in [5.74, 6) is 1.48. The van der Waals surface area contributed by atoms with Crippen LogP contribution in [0.4, 0.5) is 0 Å². The fraction of sp³-hybridized carbons (Fsp3) is 0. The van der Waals surface area contributed by atoms with E-state index in [0.29, 0.717) is 0 Å². The van der Waals surface area contributed by atoms with Gasteiger partial charge in [-0.15, -0.1) is 0 Å². The van der Waals surface area contributed by atoms with Crippen LogP contribution >= 0.6 is 0 Å². The van der Waals surface area contributed by atoms with Crippen LogP contribution in [0.2, 0.25) is 0 Å². The number of oxazole rings is 2. The SMILES string of the molecule is c1ccc(-c2c(-c3ccccc3)c(-c3cccc(-c4cnco4)c3)c3ccccc3c2-c2cccc(-c3cnco3)c2)cc1. The number of benzene rings is 6. The van der Waals surface area contributed by atoms with E-state index < -0.39 is 0 Å². The average molecular weight is 567 g/mol. The van der Waals surface area contributed by atoms with E-state index in [-0.39, 0.29) is 0 Å². The zero-order chi connectivity index (χ0) is 29.3. The third kappa shape index (κ3) is 4.50. The molecule has 0 aliphatic heterocycles. The number of nitrogens with zero attached hydrogens (tertiary/aromatic N) is 2. The molecule has 0 unspecified atom stereocenters. The summed E-state index contributed by atoms with van der Waals surface area (Å²) in [6.07, 6.45) is 6.47. The lowest BCUT2D eigenvalue weighted by Crippen LogP contribution is -1.97. The molecule has 0 bridgehead atoms. The minimum Gasteiger partial charge on any atom is -0.444 e. The molecule has 0 amide bonds. The highest BCUT2D eigenvalue weighted by molar-refractivity contribution is 6.18. The van der Waals surface area contributed by atoms with E-state index in [1.165, 1.54) is 45.8 Å². The topological polar surface area (TPSA) is 52.1 Å². The minimum absolute atomic E-state index is 0.738. The largest absolute Gasteiger partial charge is 0.444 e. The summed E-state index contributed by atoms with van der Waals surface area (Å²) in [4.78, 5) is 8.33. The molecule has 2 aromatic heterocycles. The molecule has 6 aromatic carbocycles. The van der Waals surface area contributed by atoms with Gasteiger partial charge in [0.25, 0.3) is 0 Å². The van der Waals surface area contributed by atoms with Crippen LogP contribution in [-0.2, 0) is 0 Å². The maximum atomic E-state index is 5.70. The van der Waals surface area contributed by atoms with Gasteiger partial charge >= 0.3 is 0 Å². The van der Waals surface area contributed by atoms with Crippen LogP contribution in [0.3, 0.4) is 0 Å². The highest BCUT2D eigenvalue weighted by Gasteiger charge is 2.24. The van der Waals surface area contributed by atoms with Crippen LogP contribution in [0.15, 0.2) is 167 Å². The Bertz CT molecular complexity index is 2040. The van der Waals surface area contributed by atoms with Gasteiger partial charge in [-0.3, -0.25) is 0 Å². The van der Waals surface area contributed by atoms with Crippen molar-refractivity contribution in [3.05, 3.63) is 159 Å². The Balaban J connectivity index is 1.54. The van der Waals surface area contributed by atoms with E-state index in [9.17, 15) is 0 Å². The van der Waals surface area contributed by atoms with Crippen LogP contribution < -0.4 is 0 Å². The predicted molar refractivity (Wildman–Crippen MR) is 177 cm³/mol. The van der Waals surface area contributed by atoms with Gasteiger partial charge in [-0.2, -0.15) is 0 Å². The Morgan fingerprint density at radius 3 is 1.14 bits per heavy atom. The highest BCUT2D eigenvalue weighted by atomic mass is 16.3. The van der Waals surface area contributed by atoms with E-state index in [0.717, 1.165) is 44.9 Å². The molecule has 0 saturated heterocycles. The normalized spacial score (nSPS) is 11.2. The van der Waals surface area contributed by atoms with Gasteiger partial charge in [0.2, 0.25) is 0 Å². The molecule has 0 saturated carbocycles. The van der Waals surface area contributed by atoms with Crippen molar-refractivity contribution in [3.63, 3.8) is 0 Å². The Morgan fingerprint density at radius 1 is 0.341 bits per heavy atom. The fourth-order valence-electron chi connectivity index (χ4n) is 6.20. The molecular weight excluding hydrogens is 540 g/mol. The third-order valence-electron chi connectivity index (χ3n) is 8.08. The van der Waals surface area contributed by atoms with E-state index in [4.69, 9.17) is 8.83 Å². The van der Waals surface area contributed by atoms with Crippen molar-refractivity contribution in [2.75, 3.05) is 0 Å². The minimum atomic E-state index is 0.738. The van der Waals surface area contributed by atoms with Crippen LogP contribution in [0, 0.1) is 0 Å². The summed E-state index contributed by atoms with van der Waals surface area (Å²) < 4.78 is 11.4. The van der Waals surface area contributed by atoms with Gasteiger partial charge in [0.1, 0.15) is 0 Å². The zero-order valence-corrected chi connectivity index (χ0v) is 23.7. The lowest BCUT2D eigenvalue weighted by atomic mass is 9.78. The van der Waals surface area contributed by atoms with Gasteiger partial charge in [0.15, 0.2) is 24.3 Å². The number of hydrogen-bond donors (Lipinski definition) is 0. The number of rotatable bonds is 6. The maximum absolute atomic E-state index is 5.70. The Labute approximate surface area is 254 Å². The van der Waals surface area contributed by atoms with E-state index in [2.05, 4.69) is 143 Å². The Hall–Kier alpha value is -6.00. The van der Waals surface area contributed by atoms with Crippen LogP contribution in [-0.4, -0.2) is 9.97 Å². The monoisotopic (exact) mass is 566 g/mol. The van der Waals surface area contributed by atoms with Crippen molar-refractivity contribution in [3.8, 4) is 67.2 Å². The molecule has 0 N–H and O–H groups in total. The first-order chi connectivity index (χ1) is 21.8. The van der Waals surface area contributed by atoms with Crippen molar-refractivity contribution in [1.29, 1.82) is 0 Å². The molecule has 0 radical (unpaired) electrons. The van der Waals surface area contributed by atoms with Crippen molar-refractivity contribution >= 4 is 10.8 Å². The molecule has 0 aliphatic rings. The molecule has 8 rings (SSSR count). The Morgan fingerprint density at radius 2 is 0.727 bits per heavy atom. The average Bonchev–Trinajstić information content (AvgIpc) is 3.84. The van der Waals surface area contributed by atoms with Gasteiger partial charge in [-0.05, 0) is 67.4 Å². The lowest BCUT2D eigenvalue weighted by molar-refractivity contribution is 0.571. The first-order valence-corrected chi connectivity index (χ1v) is 14.5. The number of hydrogen-bond acceptors (Lipinski definition) is 4. The second kappa shape index (κ2) is 11.0. The van der Waals surface area contributed by atoms with Gasteiger partial charge in [0, 0.05) is 11.1 Å². The molecule has 0 aliphatic carbocycles. The van der Waals surface area contributed by atoms with Crippen molar-refractivity contribution in [2.45, 2.75) is 0 Å². The summed E-state index contributed by atoms with van der Waals surface area (Å²) in [6.45, 7) is 0. The quantitative estimate of drug-likeness (QED) is 0.201. The van der Waals surface area contributed by atoms with Crippen molar-refractivity contribution in [2.24, 2.45) is 0 Å². The van der Waals surface area contributed by atoms with Crippen LogP contribution in [0.25, 0.3) is 77.9 Å². The molecule has 44 heavy (non-hydrogen) atoms. The standard InChI is InChI=1S/C40H26N2O2/c1-3-11-27(12-4-1)39-37(31-17-9-15-29(21-31)35-23-41-25-43-35)33-19-7-8-20-34(33)38(40(39)28-13-5-2-6-14-28)32-18-10-16-30(22-32)36-24-42-26-44-36/h1-26H. The summed E-state index contributed by atoms with van der Waals surface area (Å²) in [6, 6.07) is 47.2. The van der Waals surface area contributed by atoms with Crippen molar-refractivity contribution in [1.82, 2.24) is 9.97 Å². The summed E-state index contributed by atoms with van der Waals surface area (Å²) in [5, 5.41) is 2.33. The summed E-state index contributed by atoms with van der Waals surface area (Å²) >= 11 is 0. The molecule has 4 heteroatoms. The van der Waals surface area contributed by atoms with Gasteiger partial charge < -0.3 is 8.83 Å². The summed E-state index contributed by atoms with van der Waals surface area (Å²) in [5.41, 5.74) is 11.1.